The van der Waals surface area contributed by atoms with Crippen LogP contribution in [0.3, 0.4) is 0 Å². The van der Waals surface area contributed by atoms with Crippen LogP contribution in [0.2, 0.25) is 0 Å². The van der Waals surface area contributed by atoms with Crippen LogP contribution < -0.4 is 14.8 Å². The van der Waals surface area contributed by atoms with Crippen LogP contribution >= 0.6 is 0 Å². The largest absolute Gasteiger partial charge is 0.497 e. The van der Waals surface area contributed by atoms with Crippen molar-refractivity contribution in [3.63, 3.8) is 0 Å². The SMILES string of the molecule is COc1ccc(CN2C[C@@H]3CCN(S(=O)(=O)c4ccn(C)n4)C[C@@H]3Oc3ccc(NC(=O)C4CC4)cc3CC2=O)cc1. The molecule has 3 aromatic rings. The molecule has 0 bridgehead atoms. The smallest absolute Gasteiger partial charge is 0.262 e. The molecule has 11 nitrogen and oxygen atoms in total. The van der Waals surface area contributed by atoms with Gasteiger partial charge in [-0.25, -0.2) is 8.42 Å². The van der Waals surface area contributed by atoms with Crippen LogP contribution in [0.25, 0.3) is 0 Å². The van der Waals surface area contributed by atoms with E-state index >= 15 is 0 Å². The monoisotopic (exact) mass is 593 g/mol. The molecule has 12 heteroatoms. The number of nitrogens with one attached hydrogen (secondary N) is 1. The number of sulfonamides is 1. The Balaban J connectivity index is 1.30. The molecule has 1 saturated heterocycles. The summed E-state index contributed by atoms with van der Waals surface area (Å²) in [5.41, 5.74) is 2.22. The number of hydrogen-bond acceptors (Lipinski definition) is 7. The predicted octanol–water partition coefficient (Wildman–Crippen LogP) is 2.82. The van der Waals surface area contributed by atoms with Gasteiger partial charge in [-0.05, 0) is 61.2 Å². The first kappa shape index (κ1) is 28.2. The number of amides is 2. The van der Waals surface area contributed by atoms with Crippen LogP contribution in [-0.2, 0) is 39.6 Å². The molecule has 42 heavy (non-hydrogen) atoms. The van der Waals surface area contributed by atoms with Crippen molar-refractivity contribution in [2.24, 2.45) is 18.9 Å². The summed E-state index contributed by atoms with van der Waals surface area (Å²) in [6.45, 7) is 1.25. The van der Waals surface area contributed by atoms with Crippen LogP contribution in [0, 0.1) is 11.8 Å². The molecule has 1 saturated carbocycles. The predicted molar refractivity (Wildman–Crippen MR) is 154 cm³/mol. The summed E-state index contributed by atoms with van der Waals surface area (Å²) < 4.78 is 41.6. The lowest BCUT2D eigenvalue weighted by atomic mass is 9.94. The number of rotatable bonds is 7. The van der Waals surface area contributed by atoms with Crippen LogP contribution in [0.15, 0.2) is 59.8 Å². The van der Waals surface area contributed by atoms with Gasteiger partial charge in [0.1, 0.15) is 17.6 Å². The van der Waals surface area contributed by atoms with E-state index in [1.165, 1.54) is 15.1 Å². The number of aromatic nitrogens is 2. The summed E-state index contributed by atoms with van der Waals surface area (Å²) in [6, 6.07) is 14.4. The van der Waals surface area contributed by atoms with Crippen molar-refractivity contribution < 1.29 is 27.5 Å². The number of methoxy groups -OCH3 is 1. The molecule has 1 N–H and O–H groups in total. The number of ether oxygens (including phenoxy) is 2. The lowest BCUT2D eigenvalue weighted by Crippen LogP contribution is -2.52. The highest BCUT2D eigenvalue weighted by Gasteiger charge is 2.40. The van der Waals surface area contributed by atoms with Gasteiger partial charge in [0, 0.05) is 56.0 Å². The Morgan fingerprint density at radius 3 is 2.57 bits per heavy atom. The number of fused-ring (bicyclic) bond motifs is 2. The maximum absolute atomic E-state index is 13.8. The molecule has 2 aromatic carbocycles. The van der Waals surface area contributed by atoms with E-state index in [4.69, 9.17) is 9.47 Å². The average molecular weight is 594 g/mol. The van der Waals surface area contributed by atoms with Gasteiger partial charge >= 0.3 is 0 Å². The van der Waals surface area contributed by atoms with Gasteiger partial charge in [0.05, 0.1) is 20.1 Å². The van der Waals surface area contributed by atoms with Crippen LogP contribution in [0.4, 0.5) is 5.69 Å². The molecule has 2 atom stereocenters. The molecule has 0 unspecified atom stereocenters. The van der Waals surface area contributed by atoms with E-state index < -0.39 is 16.1 Å². The molecular weight excluding hydrogens is 558 g/mol. The second-order valence-corrected chi connectivity index (χ2v) is 13.2. The zero-order chi connectivity index (χ0) is 29.4. The van der Waals surface area contributed by atoms with E-state index in [2.05, 4.69) is 10.4 Å². The number of aryl methyl sites for hydroxylation is 1. The minimum atomic E-state index is -3.82. The highest BCUT2D eigenvalue weighted by molar-refractivity contribution is 7.89. The summed E-state index contributed by atoms with van der Waals surface area (Å²) >= 11 is 0. The zero-order valence-corrected chi connectivity index (χ0v) is 24.5. The quantitative estimate of drug-likeness (QED) is 0.447. The number of anilines is 1. The third-order valence-corrected chi connectivity index (χ3v) is 9.95. The number of hydrogen-bond donors (Lipinski definition) is 1. The molecule has 222 valence electrons. The summed E-state index contributed by atoms with van der Waals surface area (Å²) in [5.74, 6) is 1.12. The van der Waals surface area contributed by atoms with Gasteiger partial charge in [0.25, 0.3) is 10.0 Å². The second-order valence-electron chi connectivity index (χ2n) is 11.3. The van der Waals surface area contributed by atoms with Crippen molar-refractivity contribution in [2.75, 3.05) is 32.1 Å². The molecular formula is C30H35N5O6S. The van der Waals surface area contributed by atoms with Crippen molar-refractivity contribution in [1.29, 1.82) is 0 Å². The minimum Gasteiger partial charge on any atom is -0.497 e. The summed E-state index contributed by atoms with van der Waals surface area (Å²) in [4.78, 5) is 28.0. The Labute approximate surface area is 245 Å². The molecule has 2 amide bonds. The van der Waals surface area contributed by atoms with Crippen molar-refractivity contribution in [1.82, 2.24) is 19.0 Å². The minimum absolute atomic E-state index is 0.000673. The highest BCUT2D eigenvalue weighted by Crippen LogP contribution is 2.34. The molecule has 3 heterocycles. The van der Waals surface area contributed by atoms with E-state index in [0.29, 0.717) is 43.1 Å². The van der Waals surface area contributed by atoms with E-state index in [1.54, 1.807) is 38.6 Å². The Hall–Kier alpha value is -3.90. The van der Waals surface area contributed by atoms with Gasteiger partial charge < -0.3 is 19.7 Å². The fourth-order valence-electron chi connectivity index (χ4n) is 5.59. The molecule has 6 rings (SSSR count). The van der Waals surface area contributed by atoms with Crippen LogP contribution in [0.1, 0.15) is 30.4 Å². The topological polar surface area (TPSA) is 123 Å². The van der Waals surface area contributed by atoms with Crippen molar-refractivity contribution >= 4 is 27.5 Å². The highest BCUT2D eigenvalue weighted by atomic mass is 32.2. The van der Waals surface area contributed by atoms with Crippen LogP contribution in [-0.4, -0.2) is 72.1 Å². The van der Waals surface area contributed by atoms with Gasteiger partial charge in [-0.1, -0.05) is 12.1 Å². The molecule has 0 radical (unpaired) electrons. The maximum atomic E-state index is 13.8. The second kappa shape index (κ2) is 11.4. The first-order valence-electron chi connectivity index (χ1n) is 14.2. The average Bonchev–Trinajstić information content (AvgIpc) is 3.73. The van der Waals surface area contributed by atoms with Crippen molar-refractivity contribution in [2.45, 2.75) is 43.4 Å². The number of benzene rings is 2. The lowest BCUT2D eigenvalue weighted by molar-refractivity contribution is -0.132. The molecule has 2 fully saturated rings. The summed E-state index contributed by atoms with van der Waals surface area (Å²) in [6.07, 6.45) is 3.50. The van der Waals surface area contributed by atoms with E-state index in [1.807, 2.05) is 29.2 Å². The fraction of sp³-hybridized carbons (Fsp3) is 0.433. The number of nitrogens with zero attached hydrogens (tertiary/aromatic N) is 4. The Kier molecular flexibility index (Phi) is 7.67. The maximum Gasteiger partial charge on any atom is 0.262 e. The lowest BCUT2D eigenvalue weighted by Gasteiger charge is -2.39. The number of piperidine rings is 1. The standard InChI is InChI=1S/C30H35N5O6S/c1-33-13-12-28(32-33)42(38,39)35-14-11-22-18-34(17-20-3-8-25(40-2)9-4-20)29(36)16-23-15-24(31-30(37)21-5-6-21)7-10-26(23)41-27(22)19-35/h3-4,7-10,12-13,15,21-22,27H,5-6,11,14,16-19H2,1-2H3,(H,31,37)/t22-,27-/m0/s1. The van der Waals surface area contributed by atoms with Gasteiger partial charge in [0.15, 0.2) is 5.03 Å². The summed E-state index contributed by atoms with van der Waals surface area (Å²) in [5, 5.41) is 7.08. The Morgan fingerprint density at radius 2 is 1.88 bits per heavy atom. The zero-order valence-electron chi connectivity index (χ0n) is 23.7. The van der Waals surface area contributed by atoms with Gasteiger partial charge in [0.2, 0.25) is 11.8 Å². The van der Waals surface area contributed by atoms with E-state index in [-0.39, 0.29) is 41.6 Å². The summed E-state index contributed by atoms with van der Waals surface area (Å²) in [7, 11) is -0.529. The first-order valence-corrected chi connectivity index (χ1v) is 15.6. The molecule has 2 aliphatic heterocycles. The fourth-order valence-corrected chi connectivity index (χ4v) is 7.01. The van der Waals surface area contributed by atoms with Crippen molar-refractivity contribution in [3.05, 3.63) is 65.9 Å². The van der Waals surface area contributed by atoms with Gasteiger partial charge in [-0.15, -0.1) is 0 Å². The van der Waals surface area contributed by atoms with E-state index in [9.17, 15) is 18.0 Å². The van der Waals surface area contributed by atoms with Crippen molar-refractivity contribution in [3.8, 4) is 11.5 Å². The number of carbonyl (C=O) groups is 2. The third-order valence-electron chi connectivity index (χ3n) is 8.19. The van der Waals surface area contributed by atoms with Gasteiger partial charge in [-0.2, -0.15) is 9.40 Å². The molecule has 3 aliphatic rings. The van der Waals surface area contributed by atoms with Crippen LogP contribution in [0.5, 0.6) is 11.5 Å². The third kappa shape index (κ3) is 6.00. The van der Waals surface area contributed by atoms with Gasteiger partial charge in [-0.3, -0.25) is 14.3 Å². The molecule has 1 aromatic heterocycles. The molecule has 0 spiro atoms. The molecule has 1 aliphatic carbocycles. The normalized spacial score (nSPS) is 21.3. The first-order chi connectivity index (χ1) is 20.2. The Bertz CT molecular complexity index is 1580. The number of carbonyl (C=O) groups excluding carboxylic acids is 2. The van der Waals surface area contributed by atoms with E-state index in [0.717, 1.165) is 24.2 Å². The Morgan fingerprint density at radius 1 is 1.10 bits per heavy atom.